The fourth-order valence-electron chi connectivity index (χ4n) is 4.24. The second kappa shape index (κ2) is 8.46. The predicted molar refractivity (Wildman–Crippen MR) is 130 cm³/mol. The molecule has 1 fully saturated rings. The molecular weight excluding hydrogens is 452 g/mol. The van der Waals surface area contributed by atoms with Gasteiger partial charge in [-0.05, 0) is 74.4 Å². The van der Waals surface area contributed by atoms with E-state index in [1.54, 1.807) is 36.4 Å². The van der Waals surface area contributed by atoms with Gasteiger partial charge in [0, 0.05) is 5.56 Å². The number of hydrogen-bond acceptors (Lipinski definition) is 7. The van der Waals surface area contributed by atoms with Gasteiger partial charge >= 0.3 is 5.91 Å². The number of carbonyl (C=O) groups excluding carboxylic acids is 2. The van der Waals surface area contributed by atoms with Gasteiger partial charge in [0.15, 0.2) is 5.13 Å². The van der Waals surface area contributed by atoms with Crippen LogP contribution in [0.4, 0.5) is 5.13 Å². The zero-order valence-electron chi connectivity index (χ0n) is 18.9. The van der Waals surface area contributed by atoms with Crippen molar-refractivity contribution < 1.29 is 23.8 Å². The first kappa shape index (κ1) is 21.9. The zero-order valence-corrected chi connectivity index (χ0v) is 19.7. The molecule has 0 radical (unpaired) electrons. The third-order valence-electron chi connectivity index (χ3n) is 5.72. The van der Waals surface area contributed by atoms with Crippen LogP contribution < -0.4 is 9.64 Å². The SMILES string of the molecule is CCOc1ccc(/C(O)=C2\C(=O)C(=O)N(c3nc4c(C)cc(C)cc4s3)C2c2ccco2)cc1. The van der Waals surface area contributed by atoms with E-state index in [0.29, 0.717) is 28.8 Å². The standard InChI is InChI=1S/C26H22N2O5S/c1-4-32-17-9-7-16(8-10-17)23(29)20-22(18-6-5-11-33-18)28(25(31)24(20)30)26-27-21-15(3)12-14(2)13-19(21)34-26/h5-13,22,29H,4H2,1-3H3/b23-20+. The van der Waals surface area contributed by atoms with Gasteiger partial charge in [0.1, 0.15) is 23.3 Å². The molecule has 1 saturated heterocycles. The highest BCUT2D eigenvalue weighted by molar-refractivity contribution is 7.22. The number of fused-ring (bicyclic) bond motifs is 1. The lowest BCUT2D eigenvalue weighted by molar-refractivity contribution is -0.132. The topological polar surface area (TPSA) is 92.9 Å². The minimum atomic E-state index is -0.941. The van der Waals surface area contributed by atoms with Crippen LogP contribution in [0.2, 0.25) is 0 Å². The summed E-state index contributed by atoms with van der Waals surface area (Å²) in [6, 6.07) is 13.1. The molecule has 8 heteroatoms. The maximum Gasteiger partial charge on any atom is 0.302 e. The molecule has 1 atom stereocenters. The normalized spacial score (nSPS) is 17.6. The highest BCUT2D eigenvalue weighted by Gasteiger charge is 2.49. The third kappa shape index (κ3) is 3.56. The number of thiazole rings is 1. The van der Waals surface area contributed by atoms with E-state index < -0.39 is 17.7 Å². The Morgan fingerprint density at radius 2 is 1.94 bits per heavy atom. The van der Waals surface area contributed by atoms with Crippen molar-refractivity contribution in [2.75, 3.05) is 11.5 Å². The summed E-state index contributed by atoms with van der Waals surface area (Å²) in [7, 11) is 0. The summed E-state index contributed by atoms with van der Waals surface area (Å²) < 4.78 is 12.0. The number of rotatable bonds is 5. The number of aliphatic hydroxyl groups excluding tert-OH is 1. The molecule has 2 aromatic heterocycles. The second-order valence-electron chi connectivity index (χ2n) is 8.07. The molecule has 0 aliphatic carbocycles. The minimum Gasteiger partial charge on any atom is -0.507 e. The Labute approximate surface area is 199 Å². The molecule has 1 aliphatic rings. The van der Waals surface area contributed by atoms with Gasteiger partial charge in [-0.2, -0.15) is 0 Å². The summed E-state index contributed by atoms with van der Waals surface area (Å²) in [5.41, 5.74) is 3.20. The number of nitrogens with zero attached hydrogens (tertiary/aromatic N) is 2. The molecule has 1 aliphatic heterocycles. The van der Waals surface area contributed by atoms with E-state index in [1.807, 2.05) is 32.9 Å². The number of anilines is 1. The van der Waals surface area contributed by atoms with Crippen LogP contribution in [0, 0.1) is 13.8 Å². The number of amides is 1. The molecule has 1 unspecified atom stereocenters. The molecule has 7 nitrogen and oxygen atoms in total. The largest absolute Gasteiger partial charge is 0.507 e. The highest BCUT2D eigenvalue weighted by Crippen LogP contribution is 2.44. The van der Waals surface area contributed by atoms with Crippen LogP contribution in [0.5, 0.6) is 5.75 Å². The Bertz CT molecular complexity index is 1430. The number of carbonyl (C=O) groups is 2. The van der Waals surface area contributed by atoms with E-state index in [9.17, 15) is 14.7 Å². The van der Waals surface area contributed by atoms with Crippen molar-refractivity contribution in [1.29, 1.82) is 0 Å². The fraction of sp³-hybridized carbons (Fsp3) is 0.192. The van der Waals surface area contributed by atoms with E-state index in [4.69, 9.17) is 9.15 Å². The number of aliphatic hydroxyl groups is 1. The van der Waals surface area contributed by atoms with Crippen molar-refractivity contribution in [3.8, 4) is 5.75 Å². The Kier molecular flexibility index (Phi) is 5.45. The van der Waals surface area contributed by atoms with Gasteiger partial charge in [-0.3, -0.25) is 14.5 Å². The summed E-state index contributed by atoms with van der Waals surface area (Å²) in [6.45, 7) is 6.35. The van der Waals surface area contributed by atoms with E-state index in [0.717, 1.165) is 21.3 Å². The first-order valence-corrected chi connectivity index (χ1v) is 11.7. The number of ketones is 1. The lowest BCUT2D eigenvalue weighted by Gasteiger charge is -2.20. The third-order valence-corrected chi connectivity index (χ3v) is 6.72. The molecule has 172 valence electrons. The first-order valence-electron chi connectivity index (χ1n) is 10.8. The van der Waals surface area contributed by atoms with Crippen molar-refractivity contribution >= 4 is 44.1 Å². The number of ether oxygens (including phenoxy) is 1. The molecule has 34 heavy (non-hydrogen) atoms. The van der Waals surface area contributed by atoms with Crippen LogP contribution in [0.1, 0.15) is 35.4 Å². The lowest BCUT2D eigenvalue weighted by atomic mass is 9.99. The van der Waals surface area contributed by atoms with Crippen LogP contribution in [0.15, 0.2) is 64.8 Å². The second-order valence-corrected chi connectivity index (χ2v) is 9.08. The summed E-state index contributed by atoms with van der Waals surface area (Å²) in [5, 5.41) is 11.5. The fourth-order valence-corrected chi connectivity index (χ4v) is 5.41. The number of benzene rings is 2. The average molecular weight is 475 g/mol. The predicted octanol–water partition coefficient (Wildman–Crippen LogP) is 5.53. The molecule has 4 aromatic rings. The number of hydrogen-bond donors (Lipinski definition) is 1. The van der Waals surface area contributed by atoms with Crippen molar-refractivity contribution in [3.63, 3.8) is 0 Å². The van der Waals surface area contributed by atoms with Crippen LogP contribution in [0.3, 0.4) is 0 Å². The Hall–Kier alpha value is -3.91. The van der Waals surface area contributed by atoms with Gasteiger partial charge in [0.2, 0.25) is 0 Å². The number of aryl methyl sites for hydroxylation is 2. The van der Waals surface area contributed by atoms with Crippen LogP contribution in [-0.2, 0) is 9.59 Å². The van der Waals surface area contributed by atoms with Gasteiger partial charge in [-0.25, -0.2) is 4.98 Å². The molecule has 5 rings (SSSR count). The Morgan fingerprint density at radius 3 is 2.62 bits per heavy atom. The molecule has 3 heterocycles. The van der Waals surface area contributed by atoms with Gasteiger partial charge in [-0.15, -0.1) is 0 Å². The van der Waals surface area contributed by atoms with Gasteiger partial charge < -0.3 is 14.3 Å². The van der Waals surface area contributed by atoms with Crippen LogP contribution in [-0.4, -0.2) is 28.4 Å². The van der Waals surface area contributed by atoms with E-state index in [2.05, 4.69) is 4.98 Å². The molecule has 0 spiro atoms. The quantitative estimate of drug-likeness (QED) is 0.232. The maximum atomic E-state index is 13.3. The highest BCUT2D eigenvalue weighted by atomic mass is 32.1. The molecule has 0 bridgehead atoms. The van der Waals surface area contributed by atoms with Crippen molar-refractivity contribution in [2.45, 2.75) is 26.8 Å². The minimum absolute atomic E-state index is 0.0451. The first-order chi connectivity index (χ1) is 16.4. The average Bonchev–Trinajstić information content (AvgIpc) is 3.53. The summed E-state index contributed by atoms with van der Waals surface area (Å²) in [4.78, 5) is 32.5. The van der Waals surface area contributed by atoms with Crippen LogP contribution >= 0.6 is 11.3 Å². The van der Waals surface area contributed by atoms with Gasteiger partial charge in [-0.1, -0.05) is 17.4 Å². The molecule has 2 aromatic carbocycles. The Morgan fingerprint density at radius 1 is 1.18 bits per heavy atom. The van der Waals surface area contributed by atoms with Crippen LogP contribution in [0.25, 0.3) is 16.0 Å². The van der Waals surface area contributed by atoms with Crippen molar-refractivity contribution in [2.24, 2.45) is 0 Å². The van der Waals surface area contributed by atoms with E-state index in [-0.39, 0.29) is 11.3 Å². The molecule has 1 N–H and O–H groups in total. The lowest BCUT2D eigenvalue weighted by Crippen LogP contribution is -2.29. The van der Waals surface area contributed by atoms with Gasteiger partial charge in [0.05, 0.1) is 28.7 Å². The summed E-state index contributed by atoms with van der Waals surface area (Å²) in [6.07, 6.45) is 1.47. The van der Waals surface area contributed by atoms with Crippen molar-refractivity contribution in [3.05, 3.63) is 82.8 Å². The smallest absolute Gasteiger partial charge is 0.302 e. The maximum absolute atomic E-state index is 13.3. The molecule has 1 amide bonds. The summed E-state index contributed by atoms with van der Waals surface area (Å²) in [5.74, 6) is -0.832. The molecular formula is C26H22N2O5S. The number of aromatic nitrogens is 1. The monoisotopic (exact) mass is 474 g/mol. The van der Waals surface area contributed by atoms with E-state index in [1.165, 1.54) is 22.5 Å². The number of furan rings is 1. The van der Waals surface area contributed by atoms with Gasteiger partial charge in [0.25, 0.3) is 5.78 Å². The number of Topliss-reactive ketones (excluding diaryl/α,β-unsaturated/α-hetero) is 1. The Balaban J connectivity index is 1.67. The van der Waals surface area contributed by atoms with E-state index >= 15 is 0 Å². The zero-order chi connectivity index (χ0) is 24.0. The van der Waals surface area contributed by atoms with Crippen molar-refractivity contribution in [1.82, 2.24) is 4.98 Å². The summed E-state index contributed by atoms with van der Waals surface area (Å²) >= 11 is 1.33. The molecule has 0 saturated carbocycles.